The van der Waals surface area contributed by atoms with Crippen molar-refractivity contribution < 1.29 is 14.6 Å². The number of benzene rings is 2. The molecule has 3 nitrogen and oxygen atoms in total. The predicted molar refractivity (Wildman–Crippen MR) is 116 cm³/mol. The number of ether oxygens (including phenoxy) is 2. The third-order valence-electron chi connectivity index (χ3n) is 6.14. The molecule has 0 atom stereocenters. The van der Waals surface area contributed by atoms with Crippen molar-refractivity contribution in [2.75, 3.05) is 7.11 Å². The molecule has 0 spiro atoms. The lowest BCUT2D eigenvalue weighted by Crippen LogP contribution is -2.31. The van der Waals surface area contributed by atoms with E-state index in [0.29, 0.717) is 12.2 Å². The highest BCUT2D eigenvalue weighted by molar-refractivity contribution is 5.48. The number of rotatable bonds is 5. The summed E-state index contributed by atoms with van der Waals surface area (Å²) in [5, 5.41) is 10.4. The molecular weight excluding hydrogens is 360 g/mol. The standard InChI is InChI=1S/C26H28O3/c1-28-23-16-14-22(15-17-23)26(18-6-3-7-19-26)21-12-10-20(11-13-21)25(27)29-24-8-4-2-5-9-24/h2,4-5,8-10,12-17,27H,3,6-7,11,18-19H2,1H3. The van der Waals surface area contributed by atoms with Crippen LogP contribution in [0.1, 0.15) is 44.1 Å². The molecule has 1 fully saturated rings. The Morgan fingerprint density at radius 1 is 0.862 bits per heavy atom. The first-order chi connectivity index (χ1) is 14.2. The van der Waals surface area contributed by atoms with E-state index in [1.165, 1.54) is 30.4 Å². The van der Waals surface area contributed by atoms with Gasteiger partial charge in [0.05, 0.1) is 7.11 Å². The van der Waals surface area contributed by atoms with Crippen molar-refractivity contribution in [1.29, 1.82) is 0 Å². The van der Waals surface area contributed by atoms with Crippen LogP contribution in [0.5, 0.6) is 11.5 Å². The first-order valence-electron chi connectivity index (χ1n) is 10.4. The fourth-order valence-electron chi connectivity index (χ4n) is 4.53. The number of allylic oxidation sites excluding steroid dienone is 5. The molecule has 0 aliphatic heterocycles. The van der Waals surface area contributed by atoms with Gasteiger partial charge in [0.2, 0.25) is 0 Å². The van der Waals surface area contributed by atoms with E-state index in [0.717, 1.165) is 24.2 Å². The van der Waals surface area contributed by atoms with E-state index in [2.05, 4.69) is 36.4 Å². The van der Waals surface area contributed by atoms with Gasteiger partial charge in [-0.3, -0.25) is 0 Å². The molecule has 2 aliphatic carbocycles. The van der Waals surface area contributed by atoms with E-state index in [1.807, 2.05) is 36.4 Å². The first-order valence-corrected chi connectivity index (χ1v) is 10.4. The number of aliphatic hydroxyl groups is 1. The second-order valence-electron chi connectivity index (χ2n) is 7.81. The Labute approximate surface area is 173 Å². The maximum atomic E-state index is 10.4. The molecule has 0 bridgehead atoms. The van der Waals surface area contributed by atoms with Gasteiger partial charge in [0.1, 0.15) is 11.5 Å². The normalized spacial score (nSPS) is 20.0. The van der Waals surface area contributed by atoms with Crippen LogP contribution in [0.2, 0.25) is 0 Å². The molecule has 150 valence electrons. The summed E-state index contributed by atoms with van der Waals surface area (Å²) in [5.41, 5.74) is 3.55. The lowest BCUT2D eigenvalue weighted by Gasteiger charge is -2.40. The van der Waals surface area contributed by atoms with Crippen molar-refractivity contribution in [3.63, 3.8) is 0 Å². The number of hydrogen-bond donors (Lipinski definition) is 1. The summed E-state index contributed by atoms with van der Waals surface area (Å²) in [4.78, 5) is 0. The van der Waals surface area contributed by atoms with Crippen molar-refractivity contribution >= 4 is 0 Å². The van der Waals surface area contributed by atoms with Crippen molar-refractivity contribution in [2.24, 2.45) is 0 Å². The van der Waals surface area contributed by atoms with Gasteiger partial charge in [-0.15, -0.1) is 0 Å². The summed E-state index contributed by atoms with van der Waals surface area (Å²) in [5.74, 6) is 1.51. The van der Waals surface area contributed by atoms with Gasteiger partial charge in [-0.1, -0.05) is 67.8 Å². The summed E-state index contributed by atoms with van der Waals surface area (Å²) in [6.07, 6.45) is 13.2. The molecule has 3 heteroatoms. The predicted octanol–water partition coefficient (Wildman–Crippen LogP) is 6.63. The minimum atomic E-state index is -0.0232. The third kappa shape index (κ3) is 4.09. The number of methoxy groups -OCH3 is 1. The average molecular weight is 389 g/mol. The Bertz CT molecular complexity index is 914. The van der Waals surface area contributed by atoms with Gasteiger partial charge < -0.3 is 14.6 Å². The highest BCUT2D eigenvalue weighted by Gasteiger charge is 2.37. The summed E-state index contributed by atoms with van der Waals surface area (Å²) in [7, 11) is 1.70. The Morgan fingerprint density at radius 3 is 2.21 bits per heavy atom. The van der Waals surface area contributed by atoms with Gasteiger partial charge in [-0.2, -0.15) is 0 Å². The topological polar surface area (TPSA) is 38.7 Å². The smallest absolute Gasteiger partial charge is 0.285 e. The number of para-hydroxylation sites is 1. The second-order valence-corrected chi connectivity index (χ2v) is 7.81. The highest BCUT2D eigenvalue weighted by Crippen LogP contribution is 2.47. The van der Waals surface area contributed by atoms with E-state index in [1.54, 1.807) is 7.11 Å². The van der Waals surface area contributed by atoms with Crippen LogP contribution in [0.4, 0.5) is 0 Å². The molecule has 1 N–H and O–H groups in total. The number of hydrogen-bond acceptors (Lipinski definition) is 3. The quantitative estimate of drug-likeness (QED) is 0.584. The van der Waals surface area contributed by atoms with Crippen LogP contribution in [0, 0.1) is 0 Å². The molecule has 0 saturated heterocycles. The first kappa shape index (κ1) is 19.4. The van der Waals surface area contributed by atoms with Crippen LogP contribution in [0.25, 0.3) is 0 Å². The molecule has 4 rings (SSSR count). The van der Waals surface area contributed by atoms with Gasteiger partial charge in [0, 0.05) is 11.0 Å². The summed E-state index contributed by atoms with van der Waals surface area (Å²) in [6.45, 7) is 0. The fourth-order valence-corrected chi connectivity index (χ4v) is 4.53. The summed E-state index contributed by atoms with van der Waals surface area (Å²) >= 11 is 0. The van der Waals surface area contributed by atoms with Gasteiger partial charge in [-0.05, 0) is 54.7 Å². The maximum Gasteiger partial charge on any atom is 0.285 e. The van der Waals surface area contributed by atoms with Crippen molar-refractivity contribution in [3.05, 3.63) is 95.5 Å². The highest BCUT2D eigenvalue weighted by atomic mass is 16.6. The maximum absolute atomic E-state index is 10.4. The zero-order valence-corrected chi connectivity index (χ0v) is 16.9. The SMILES string of the molecule is COc1ccc(C2(C3=CCC(=C(O)Oc4ccccc4)C=C3)CCCCC2)cc1. The summed E-state index contributed by atoms with van der Waals surface area (Å²) < 4.78 is 11.0. The molecule has 0 aromatic heterocycles. The zero-order chi connectivity index (χ0) is 20.1. The van der Waals surface area contributed by atoms with Gasteiger partial charge in [-0.25, -0.2) is 0 Å². The van der Waals surface area contributed by atoms with E-state index in [4.69, 9.17) is 9.47 Å². The Balaban J connectivity index is 1.59. The van der Waals surface area contributed by atoms with Crippen molar-refractivity contribution in [2.45, 2.75) is 43.9 Å². The lowest BCUT2D eigenvalue weighted by molar-refractivity contribution is 0.203. The van der Waals surface area contributed by atoms with Crippen LogP contribution in [-0.2, 0) is 5.41 Å². The molecule has 2 aromatic carbocycles. The molecule has 2 aromatic rings. The fraction of sp³-hybridized carbons (Fsp3) is 0.308. The van der Waals surface area contributed by atoms with Crippen molar-refractivity contribution in [3.8, 4) is 11.5 Å². The minimum Gasteiger partial charge on any atom is -0.497 e. The zero-order valence-electron chi connectivity index (χ0n) is 16.9. The average Bonchev–Trinajstić information content (AvgIpc) is 2.80. The molecule has 2 aliphatic rings. The Hall–Kier alpha value is -2.94. The van der Waals surface area contributed by atoms with Gasteiger partial charge >= 0.3 is 0 Å². The molecule has 0 amide bonds. The summed E-state index contributed by atoms with van der Waals surface area (Å²) in [6, 6.07) is 17.9. The van der Waals surface area contributed by atoms with Gasteiger partial charge in [0.15, 0.2) is 0 Å². The molecule has 0 heterocycles. The van der Waals surface area contributed by atoms with Crippen LogP contribution >= 0.6 is 0 Å². The number of aliphatic hydroxyl groups excluding tert-OH is 1. The van der Waals surface area contributed by atoms with E-state index in [9.17, 15) is 5.11 Å². The molecule has 1 saturated carbocycles. The lowest BCUT2D eigenvalue weighted by atomic mass is 9.64. The van der Waals surface area contributed by atoms with E-state index < -0.39 is 0 Å². The van der Waals surface area contributed by atoms with Crippen molar-refractivity contribution in [1.82, 2.24) is 0 Å². The van der Waals surface area contributed by atoms with Crippen LogP contribution < -0.4 is 9.47 Å². The van der Waals surface area contributed by atoms with Crippen LogP contribution in [0.15, 0.2) is 89.9 Å². The second kappa shape index (κ2) is 8.60. The molecule has 0 unspecified atom stereocenters. The minimum absolute atomic E-state index is 0.0232. The largest absolute Gasteiger partial charge is 0.497 e. The molecule has 0 radical (unpaired) electrons. The Kier molecular flexibility index (Phi) is 5.75. The third-order valence-corrected chi connectivity index (χ3v) is 6.14. The molecular formula is C26H28O3. The molecule has 29 heavy (non-hydrogen) atoms. The van der Waals surface area contributed by atoms with Crippen LogP contribution in [0.3, 0.4) is 0 Å². The van der Waals surface area contributed by atoms with E-state index >= 15 is 0 Å². The van der Waals surface area contributed by atoms with E-state index in [-0.39, 0.29) is 11.4 Å². The van der Waals surface area contributed by atoms with Crippen LogP contribution in [-0.4, -0.2) is 12.2 Å². The van der Waals surface area contributed by atoms with Gasteiger partial charge in [0.25, 0.3) is 5.95 Å². The monoisotopic (exact) mass is 388 g/mol. The Morgan fingerprint density at radius 2 is 1.59 bits per heavy atom.